The Morgan fingerprint density at radius 1 is 1.13 bits per heavy atom. The van der Waals surface area contributed by atoms with Crippen LogP contribution >= 0.6 is 0 Å². The summed E-state index contributed by atoms with van der Waals surface area (Å²) in [5.41, 5.74) is 1.48. The molecular weight excluding hydrogens is 282 g/mol. The lowest BCUT2D eigenvalue weighted by molar-refractivity contribution is 0.120. The number of nitrogens with zero attached hydrogens (tertiary/aromatic N) is 2. The van der Waals surface area contributed by atoms with Gasteiger partial charge in [-0.15, -0.1) is 0 Å². The Morgan fingerprint density at radius 2 is 2.00 bits per heavy atom. The second kappa shape index (κ2) is 7.33. The van der Waals surface area contributed by atoms with Gasteiger partial charge >= 0.3 is 0 Å². The summed E-state index contributed by atoms with van der Waals surface area (Å²) in [6.45, 7) is 4.69. The Hall–Kier alpha value is -0.900. The predicted molar refractivity (Wildman–Crippen MR) is 94.7 cm³/mol. The molecule has 1 N–H and O–H groups in total. The molecule has 23 heavy (non-hydrogen) atoms. The Labute approximate surface area is 140 Å². The molecule has 1 aromatic carbocycles. The molecule has 0 amide bonds. The van der Waals surface area contributed by atoms with E-state index in [1.54, 1.807) is 0 Å². The summed E-state index contributed by atoms with van der Waals surface area (Å²) in [4.78, 5) is 2.75. The molecule has 1 aromatic rings. The van der Waals surface area contributed by atoms with Gasteiger partial charge in [-0.2, -0.15) is 0 Å². The van der Waals surface area contributed by atoms with E-state index in [0.29, 0.717) is 12.1 Å². The molecule has 125 valence electrons. The van der Waals surface area contributed by atoms with Crippen LogP contribution in [0.2, 0.25) is 0 Å². The molecule has 1 radical (unpaired) electrons. The van der Waals surface area contributed by atoms with E-state index in [-0.39, 0.29) is 0 Å². The summed E-state index contributed by atoms with van der Waals surface area (Å²) in [6, 6.07) is 12.9. The fourth-order valence-corrected chi connectivity index (χ4v) is 4.50. The van der Waals surface area contributed by atoms with E-state index >= 15 is 0 Å². The number of benzene rings is 1. The Bertz CT molecular complexity index is 485. The van der Waals surface area contributed by atoms with Crippen molar-refractivity contribution in [2.24, 2.45) is 5.92 Å². The summed E-state index contributed by atoms with van der Waals surface area (Å²) < 4.78 is 0. The standard InChI is InChI=1S/C20H30N3/c1-2-6-16(7-3-1)12-17-13-19(22-14-17)20-15-23(11-5-10-21-20)18-8-4-9-18/h1-3,6-7,17-20,22H,4-5,8-15H2/t17-,19?,20+/m1/s1. The van der Waals surface area contributed by atoms with E-state index in [0.717, 1.165) is 25.0 Å². The van der Waals surface area contributed by atoms with Crippen LogP contribution < -0.4 is 10.6 Å². The van der Waals surface area contributed by atoms with E-state index < -0.39 is 0 Å². The molecular formula is C20H30N3. The average Bonchev–Trinajstić information content (AvgIpc) is 2.84. The van der Waals surface area contributed by atoms with Crippen molar-refractivity contribution < 1.29 is 0 Å². The normalized spacial score (nSPS) is 33.3. The minimum absolute atomic E-state index is 0.513. The molecule has 3 atom stereocenters. The summed E-state index contributed by atoms with van der Waals surface area (Å²) in [6.07, 6.45) is 8.03. The third-order valence-corrected chi connectivity index (χ3v) is 6.07. The Balaban J connectivity index is 1.32. The zero-order valence-corrected chi connectivity index (χ0v) is 14.2. The van der Waals surface area contributed by atoms with Gasteiger partial charge in [0.2, 0.25) is 0 Å². The van der Waals surface area contributed by atoms with E-state index in [1.807, 2.05) is 0 Å². The third kappa shape index (κ3) is 3.78. The van der Waals surface area contributed by atoms with Crippen molar-refractivity contribution in [3.63, 3.8) is 0 Å². The SMILES string of the molecule is c1ccc(C[C@H]2CNC([C@@H]3CN(C4CCC4)CCC[N]3)C2)cc1. The largest absolute Gasteiger partial charge is 0.312 e. The zero-order valence-electron chi connectivity index (χ0n) is 14.2. The molecule has 1 saturated carbocycles. The highest BCUT2D eigenvalue weighted by atomic mass is 15.2. The predicted octanol–water partition coefficient (Wildman–Crippen LogP) is 2.44. The first-order chi connectivity index (χ1) is 11.4. The molecule has 1 aliphatic carbocycles. The number of rotatable bonds is 4. The van der Waals surface area contributed by atoms with Crippen LogP contribution in [0.3, 0.4) is 0 Å². The molecule has 2 aliphatic heterocycles. The Kier molecular flexibility index (Phi) is 4.98. The number of nitrogens with one attached hydrogen (secondary N) is 1. The van der Waals surface area contributed by atoms with E-state index in [9.17, 15) is 0 Å². The van der Waals surface area contributed by atoms with Crippen molar-refractivity contribution in [3.8, 4) is 0 Å². The number of hydrogen-bond donors (Lipinski definition) is 1. The van der Waals surface area contributed by atoms with Gasteiger partial charge < -0.3 is 5.32 Å². The Morgan fingerprint density at radius 3 is 2.78 bits per heavy atom. The van der Waals surface area contributed by atoms with Crippen LogP contribution in [0, 0.1) is 5.92 Å². The lowest BCUT2D eigenvalue weighted by atomic mass is 9.90. The molecule has 0 spiro atoms. The van der Waals surface area contributed by atoms with E-state index in [1.165, 1.54) is 57.2 Å². The summed E-state index contributed by atoms with van der Waals surface area (Å²) >= 11 is 0. The fourth-order valence-electron chi connectivity index (χ4n) is 4.50. The van der Waals surface area contributed by atoms with Gasteiger partial charge in [-0.05, 0) is 56.7 Å². The van der Waals surface area contributed by atoms with Crippen molar-refractivity contribution in [2.45, 2.75) is 56.7 Å². The maximum absolute atomic E-state index is 5.03. The van der Waals surface area contributed by atoms with Crippen LogP contribution in [0.25, 0.3) is 0 Å². The van der Waals surface area contributed by atoms with E-state index in [4.69, 9.17) is 5.32 Å². The second-order valence-electron chi connectivity index (χ2n) is 7.71. The quantitative estimate of drug-likeness (QED) is 0.925. The monoisotopic (exact) mass is 312 g/mol. The fraction of sp³-hybridized carbons (Fsp3) is 0.700. The molecule has 0 aromatic heterocycles. The van der Waals surface area contributed by atoms with Gasteiger partial charge in [-0.25, -0.2) is 5.32 Å². The van der Waals surface area contributed by atoms with Gasteiger partial charge in [0, 0.05) is 25.2 Å². The minimum Gasteiger partial charge on any atom is -0.312 e. The number of hydrogen-bond acceptors (Lipinski definition) is 2. The van der Waals surface area contributed by atoms with Gasteiger partial charge in [0.1, 0.15) is 0 Å². The molecule has 0 bridgehead atoms. The summed E-state index contributed by atoms with van der Waals surface area (Å²) in [5.74, 6) is 0.776. The molecule has 3 nitrogen and oxygen atoms in total. The van der Waals surface area contributed by atoms with Crippen LogP contribution in [-0.4, -0.2) is 49.2 Å². The van der Waals surface area contributed by atoms with E-state index in [2.05, 4.69) is 40.5 Å². The topological polar surface area (TPSA) is 29.4 Å². The van der Waals surface area contributed by atoms with Crippen molar-refractivity contribution >= 4 is 0 Å². The molecule has 3 fully saturated rings. The lowest BCUT2D eigenvalue weighted by Crippen LogP contribution is -2.50. The average molecular weight is 312 g/mol. The maximum atomic E-state index is 5.03. The van der Waals surface area contributed by atoms with Crippen molar-refractivity contribution in [1.82, 2.24) is 15.5 Å². The smallest absolute Gasteiger partial charge is 0.0526 e. The van der Waals surface area contributed by atoms with Crippen molar-refractivity contribution in [3.05, 3.63) is 35.9 Å². The van der Waals surface area contributed by atoms with Crippen LogP contribution in [-0.2, 0) is 6.42 Å². The molecule has 3 aliphatic rings. The van der Waals surface area contributed by atoms with Gasteiger partial charge in [-0.1, -0.05) is 36.8 Å². The molecule has 2 heterocycles. The molecule has 3 heteroatoms. The maximum Gasteiger partial charge on any atom is 0.0526 e. The molecule has 4 rings (SSSR count). The molecule has 2 saturated heterocycles. The minimum atomic E-state index is 0.513. The highest BCUT2D eigenvalue weighted by Crippen LogP contribution is 2.28. The van der Waals surface area contributed by atoms with Crippen molar-refractivity contribution in [2.75, 3.05) is 26.2 Å². The van der Waals surface area contributed by atoms with Gasteiger partial charge in [0.05, 0.1) is 6.04 Å². The summed E-state index contributed by atoms with van der Waals surface area (Å²) in [7, 11) is 0. The lowest BCUT2D eigenvalue weighted by Gasteiger charge is -2.38. The third-order valence-electron chi connectivity index (χ3n) is 6.07. The first kappa shape index (κ1) is 15.6. The van der Waals surface area contributed by atoms with Crippen LogP contribution in [0.5, 0.6) is 0 Å². The van der Waals surface area contributed by atoms with Crippen LogP contribution in [0.4, 0.5) is 0 Å². The highest BCUT2D eigenvalue weighted by molar-refractivity contribution is 5.16. The van der Waals surface area contributed by atoms with Crippen LogP contribution in [0.1, 0.15) is 37.7 Å². The zero-order chi connectivity index (χ0) is 15.5. The van der Waals surface area contributed by atoms with Gasteiger partial charge in [0.25, 0.3) is 0 Å². The van der Waals surface area contributed by atoms with Gasteiger partial charge in [0.15, 0.2) is 0 Å². The molecule has 1 unspecified atom stereocenters. The highest BCUT2D eigenvalue weighted by Gasteiger charge is 2.35. The first-order valence-corrected chi connectivity index (χ1v) is 9.56. The second-order valence-corrected chi connectivity index (χ2v) is 7.71. The van der Waals surface area contributed by atoms with Crippen LogP contribution in [0.15, 0.2) is 30.3 Å². The van der Waals surface area contributed by atoms with Gasteiger partial charge in [-0.3, -0.25) is 4.90 Å². The summed E-state index contributed by atoms with van der Waals surface area (Å²) in [5, 5.41) is 8.83. The first-order valence-electron chi connectivity index (χ1n) is 9.56. The van der Waals surface area contributed by atoms with Crippen molar-refractivity contribution in [1.29, 1.82) is 0 Å².